The number of nitrogens with zero attached hydrogens (tertiary/aromatic N) is 1. The van der Waals surface area contributed by atoms with E-state index in [1.807, 2.05) is 30.0 Å². The maximum absolute atomic E-state index is 12.8. The summed E-state index contributed by atoms with van der Waals surface area (Å²) in [6.45, 7) is 4.87. The molecule has 1 saturated heterocycles. The predicted molar refractivity (Wildman–Crippen MR) is 122 cm³/mol. The smallest absolute Gasteiger partial charge is 0.237 e. The molecule has 0 saturated carbocycles. The molecule has 3 atom stereocenters. The number of carbonyl (C=O) groups excluding carboxylic acids is 2. The van der Waals surface area contributed by atoms with Crippen LogP contribution in [0.25, 0.3) is 0 Å². The zero-order chi connectivity index (χ0) is 22.5. The highest BCUT2D eigenvalue weighted by Gasteiger charge is 2.37. The van der Waals surface area contributed by atoms with Crippen LogP contribution in [0.15, 0.2) is 48.5 Å². The number of nitrogen functional groups attached to an aromatic ring is 1. The lowest BCUT2D eigenvalue weighted by atomic mass is 9.84. The molecule has 2 unspecified atom stereocenters. The Kier molecular flexibility index (Phi) is 7.07. The number of piperidine rings is 1. The van der Waals surface area contributed by atoms with Crippen molar-refractivity contribution in [1.82, 2.24) is 10.2 Å². The van der Waals surface area contributed by atoms with Crippen molar-refractivity contribution in [3.05, 3.63) is 70.8 Å². The minimum atomic E-state index is -0.477. The Balaban J connectivity index is 1.62. The Labute approximate surface area is 183 Å². The van der Waals surface area contributed by atoms with Gasteiger partial charge in [0.25, 0.3) is 0 Å². The van der Waals surface area contributed by atoms with E-state index < -0.39 is 18.0 Å². The number of benzene rings is 2. The number of nitrogens with two attached hydrogens (primary N) is 2. The fourth-order valence-electron chi connectivity index (χ4n) is 4.24. The van der Waals surface area contributed by atoms with E-state index in [1.54, 1.807) is 12.1 Å². The predicted octanol–water partition coefficient (Wildman–Crippen LogP) is 2.02. The van der Waals surface area contributed by atoms with Crippen LogP contribution in [0, 0.1) is 12.3 Å². The summed E-state index contributed by atoms with van der Waals surface area (Å²) in [6, 6.07) is 14.6. The van der Waals surface area contributed by atoms with E-state index in [-0.39, 0.29) is 17.7 Å². The van der Waals surface area contributed by atoms with Crippen LogP contribution in [0.4, 0.5) is 0 Å². The quantitative estimate of drug-likeness (QED) is 0.403. The second-order valence-electron chi connectivity index (χ2n) is 8.30. The summed E-state index contributed by atoms with van der Waals surface area (Å²) >= 11 is 0. The van der Waals surface area contributed by atoms with Crippen molar-refractivity contribution in [2.24, 2.45) is 11.5 Å². The fraction of sp³-hybridized carbons (Fsp3) is 0.375. The molecule has 0 radical (unpaired) electrons. The van der Waals surface area contributed by atoms with Crippen LogP contribution in [0.1, 0.15) is 47.9 Å². The van der Waals surface area contributed by atoms with Gasteiger partial charge in [-0.3, -0.25) is 19.9 Å². The normalized spacial score (nSPS) is 20.1. The molecule has 1 aliphatic rings. The molecule has 0 aromatic heterocycles. The number of aryl methyl sites for hydroxylation is 1. The first-order valence-electron chi connectivity index (χ1n) is 10.6. The molecule has 0 bridgehead atoms. The van der Waals surface area contributed by atoms with Gasteiger partial charge >= 0.3 is 0 Å². The SMILES string of the molecule is Cc1cccc(C2CCN([C@@H](C)C(=O)NCc3ccc(C(=N)N)cc3)C(C(N)=O)C2)c1. The van der Waals surface area contributed by atoms with Gasteiger partial charge in [-0.25, -0.2) is 0 Å². The number of likely N-dealkylation sites (tertiary alicyclic amines) is 1. The van der Waals surface area contributed by atoms with Gasteiger partial charge in [0.2, 0.25) is 11.8 Å². The molecule has 1 fully saturated rings. The van der Waals surface area contributed by atoms with Crippen LogP contribution >= 0.6 is 0 Å². The number of amidine groups is 1. The van der Waals surface area contributed by atoms with Crippen molar-refractivity contribution >= 4 is 17.6 Å². The first-order chi connectivity index (χ1) is 14.8. The minimum Gasteiger partial charge on any atom is -0.384 e. The van der Waals surface area contributed by atoms with E-state index in [0.29, 0.717) is 25.1 Å². The molecule has 0 aliphatic carbocycles. The monoisotopic (exact) mass is 421 g/mol. The highest BCUT2D eigenvalue weighted by molar-refractivity contribution is 5.94. The lowest BCUT2D eigenvalue weighted by Crippen LogP contribution is -2.56. The van der Waals surface area contributed by atoms with Gasteiger partial charge in [0.05, 0.1) is 12.1 Å². The van der Waals surface area contributed by atoms with E-state index in [4.69, 9.17) is 16.9 Å². The molecule has 164 valence electrons. The first-order valence-corrected chi connectivity index (χ1v) is 10.6. The average molecular weight is 422 g/mol. The first kappa shape index (κ1) is 22.5. The minimum absolute atomic E-state index is 0.00997. The van der Waals surface area contributed by atoms with Crippen molar-refractivity contribution < 1.29 is 9.59 Å². The Morgan fingerprint density at radius 3 is 2.52 bits per heavy atom. The maximum atomic E-state index is 12.8. The summed E-state index contributed by atoms with van der Waals surface area (Å²) in [6.07, 6.45) is 1.49. The zero-order valence-corrected chi connectivity index (χ0v) is 18.1. The van der Waals surface area contributed by atoms with Crippen LogP contribution in [0.3, 0.4) is 0 Å². The van der Waals surface area contributed by atoms with Gasteiger partial charge in [-0.05, 0) is 43.7 Å². The highest BCUT2D eigenvalue weighted by Crippen LogP contribution is 2.33. The van der Waals surface area contributed by atoms with Gasteiger partial charge in [-0.2, -0.15) is 0 Å². The molecule has 2 amide bonds. The summed E-state index contributed by atoms with van der Waals surface area (Å²) in [7, 11) is 0. The molecule has 2 aromatic carbocycles. The number of primary amides is 1. The van der Waals surface area contributed by atoms with Gasteiger partial charge in [0.15, 0.2) is 0 Å². The highest BCUT2D eigenvalue weighted by atomic mass is 16.2. The average Bonchev–Trinajstić information content (AvgIpc) is 2.76. The molecule has 31 heavy (non-hydrogen) atoms. The van der Waals surface area contributed by atoms with Gasteiger partial charge < -0.3 is 16.8 Å². The van der Waals surface area contributed by atoms with E-state index in [1.165, 1.54) is 11.1 Å². The summed E-state index contributed by atoms with van der Waals surface area (Å²) < 4.78 is 0. The second kappa shape index (κ2) is 9.75. The largest absolute Gasteiger partial charge is 0.384 e. The third kappa shape index (κ3) is 5.49. The van der Waals surface area contributed by atoms with Crippen LogP contribution in [-0.4, -0.2) is 41.2 Å². The van der Waals surface area contributed by atoms with Gasteiger partial charge in [0.1, 0.15) is 5.84 Å². The van der Waals surface area contributed by atoms with Crippen molar-refractivity contribution in [2.45, 2.75) is 51.2 Å². The topological polar surface area (TPSA) is 125 Å². The number of rotatable bonds is 7. The lowest BCUT2D eigenvalue weighted by molar-refractivity contribution is -0.132. The molecule has 1 aliphatic heterocycles. The van der Waals surface area contributed by atoms with Gasteiger partial charge in [-0.1, -0.05) is 54.1 Å². The molecule has 1 heterocycles. The van der Waals surface area contributed by atoms with Gasteiger partial charge in [-0.15, -0.1) is 0 Å². The summed E-state index contributed by atoms with van der Waals surface area (Å²) in [5, 5.41) is 10.4. The molecule has 0 spiro atoms. The number of amides is 2. The molecule has 7 nitrogen and oxygen atoms in total. The summed E-state index contributed by atoms with van der Waals surface area (Å²) in [5.41, 5.74) is 15.2. The van der Waals surface area contributed by atoms with Crippen molar-refractivity contribution in [1.29, 1.82) is 5.41 Å². The van der Waals surface area contributed by atoms with Gasteiger partial charge in [0, 0.05) is 18.7 Å². The fourth-order valence-corrected chi connectivity index (χ4v) is 4.24. The Morgan fingerprint density at radius 1 is 1.19 bits per heavy atom. The summed E-state index contributed by atoms with van der Waals surface area (Å²) in [5.74, 6) is -0.271. The van der Waals surface area contributed by atoms with Crippen molar-refractivity contribution in [2.75, 3.05) is 6.54 Å². The maximum Gasteiger partial charge on any atom is 0.237 e. The second-order valence-corrected chi connectivity index (χ2v) is 8.30. The molecule has 6 N–H and O–H groups in total. The number of hydrogen-bond donors (Lipinski definition) is 4. The van der Waals surface area contributed by atoms with Crippen molar-refractivity contribution in [3.63, 3.8) is 0 Å². The third-order valence-corrected chi connectivity index (χ3v) is 6.09. The van der Waals surface area contributed by atoms with Crippen LogP contribution in [-0.2, 0) is 16.1 Å². The summed E-state index contributed by atoms with van der Waals surface area (Å²) in [4.78, 5) is 26.9. The van der Waals surface area contributed by atoms with Crippen LogP contribution in [0.5, 0.6) is 0 Å². The molecular weight excluding hydrogens is 390 g/mol. The standard InChI is InChI=1S/C24H31N5O2/c1-15-4-3-5-19(12-15)20-10-11-29(21(13-20)23(27)30)16(2)24(31)28-14-17-6-8-18(9-7-17)22(25)26/h3-9,12,16,20-21H,10-11,13-14H2,1-2H3,(H3,25,26)(H2,27,30)(H,28,31)/t16-,20?,21?/m0/s1. The van der Waals surface area contributed by atoms with Crippen LogP contribution < -0.4 is 16.8 Å². The molecular formula is C24H31N5O2. The lowest BCUT2D eigenvalue weighted by Gasteiger charge is -2.40. The Morgan fingerprint density at radius 2 is 1.90 bits per heavy atom. The molecule has 3 rings (SSSR count). The molecule has 2 aromatic rings. The van der Waals surface area contributed by atoms with E-state index in [0.717, 1.165) is 12.0 Å². The number of hydrogen-bond acceptors (Lipinski definition) is 4. The van der Waals surface area contributed by atoms with E-state index in [2.05, 4.69) is 30.4 Å². The van der Waals surface area contributed by atoms with Crippen molar-refractivity contribution in [3.8, 4) is 0 Å². The number of nitrogens with one attached hydrogen (secondary N) is 2. The van der Waals surface area contributed by atoms with E-state index in [9.17, 15) is 9.59 Å². The Bertz CT molecular complexity index is 957. The third-order valence-electron chi connectivity index (χ3n) is 6.09. The van der Waals surface area contributed by atoms with Crippen LogP contribution in [0.2, 0.25) is 0 Å². The molecule has 7 heteroatoms. The number of carbonyl (C=O) groups is 2. The van der Waals surface area contributed by atoms with E-state index >= 15 is 0 Å². The zero-order valence-electron chi connectivity index (χ0n) is 18.1. The Hall–Kier alpha value is -3.19.